The summed E-state index contributed by atoms with van der Waals surface area (Å²) < 4.78 is -0.0559. The van der Waals surface area contributed by atoms with Crippen molar-refractivity contribution >= 4 is 22.0 Å². The Kier molecular flexibility index (Phi) is 5.19. The summed E-state index contributed by atoms with van der Waals surface area (Å²) in [5, 5.41) is 0. The van der Waals surface area contributed by atoms with Gasteiger partial charge >= 0.3 is 0 Å². The predicted octanol–water partition coefficient (Wildman–Crippen LogP) is 3.95. The van der Waals surface area contributed by atoms with Crippen molar-refractivity contribution in [1.29, 1.82) is 0 Å². The first-order valence-corrected chi connectivity index (χ1v) is 5.95. The first-order chi connectivity index (χ1) is 7.51. The Labute approximate surface area is 105 Å². The van der Waals surface area contributed by atoms with Gasteiger partial charge in [-0.2, -0.15) is 0 Å². The maximum Gasteiger partial charge on any atom is 0.107 e. The highest BCUT2D eigenvalue weighted by Gasteiger charge is 2.12. The molecule has 1 aromatic rings. The fourth-order valence-electron chi connectivity index (χ4n) is 1.04. The van der Waals surface area contributed by atoms with E-state index in [0.717, 1.165) is 11.1 Å². The molecule has 0 aliphatic heterocycles. The summed E-state index contributed by atoms with van der Waals surface area (Å²) in [4.78, 5) is 10.2. The van der Waals surface area contributed by atoms with Gasteiger partial charge in [0, 0.05) is 4.32 Å². The molecule has 0 spiro atoms. The van der Waals surface area contributed by atoms with E-state index < -0.39 is 0 Å². The van der Waals surface area contributed by atoms with E-state index in [9.17, 15) is 0 Å². The highest BCUT2D eigenvalue weighted by atomic mass is 79.9. The second-order valence-electron chi connectivity index (χ2n) is 4.19. The number of hydrogen-bond acceptors (Lipinski definition) is 2. The molecule has 0 saturated heterocycles. The zero-order valence-corrected chi connectivity index (χ0v) is 11.3. The van der Waals surface area contributed by atoms with Crippen molar-refractivity contribution < 1.29 is 9.78 Å². The summed E-state index contributed by atoms with van der Waals surface area (Å²) >= 11 is 3.47. The fraction of sp³-hybridized carbons (Fsp3) is 0.385. The van der Waals surface area contributed by atoms with Gasteiger partial charge in [-0.05, 0) is 25.0 Å². The lowest BCUT2D eigenvalue weighted by atomic mass is 10.1. The zero-order valence-electron chi connectivity index (χ0n) is 9.70. The van der Waals surface area contributed by atoms with E-state index in [2.05, 4.69) is 22.5 Å². The van der Waals surface area contributed by atoms with Crippen molar-refractivity contribution in [3.05, 3.63) is 42.0 Å². The molecule has 0 saturated carbocycles. The van der Waals surface area contributed by atoms with Crippen LogP contribution in [-0.4, -0.2) is 10.9 Å². The van der Waals surface area contributed by atoms with Crippen LogP contribution in [0.1, 0.15) is 25.0 Å². The minimum Gasteiger partial charge on any atom is -0.235 e. The molecule has 88 valence electrons. The molecular weight excluding hydrogens is 268 g/mol. The molecule has 0 heterocycles. The van der Waals surface area contributed by atoms with E-state index in [0.29, 0.717) is 13.2 Å². The molecule has 2 nitrogen and oxygen atoms in total. The van der Waals surface area contributed by atoms with Crippen molar-refractivity contribution in [2.24, 2.45) is 0 Å². The molecule has 0 unspecified atom stereocenters. The van der Waals surface area contributed by atoms with Crippen molar-refractivity contribution in [2.75, 3.05) is 6.61 Å². The van der Waals surface area contributed by atoms with Crippen LogP contribution in [0.2, 0.25) is 0 Å². The Bertz CT molecular complexity index is 325. The largest absolute Gasteiger partial charge is 0.235 e. The van der Waals surface area contributed by atoms with Gasteiger partial charge in [-0.3, -0.25) is 0 Å². The number of rotatable bonds is 6. The molecule has 0 aromatic heterocycles. The number of benzene rings is 1. The van der Waals surface area contributed by atoms with Gasteiger partial charge < -0.3 is 0 Å². The molecule has 1 aromatic carbocycles. The van der Waals surface area contributed by atoms with Crippen LogP contribution in [0, 0.1) is 0 Å². The van der Waals surface area contributed by atoms with Gasteiger partial charge in [0.1, 0.15) is 6.61 Å². The third-order valence-corrected chi connectivity index (χ3v) is 2.16. The van der Waals surface area contributed by atoms with Crippen molar-refractivity contribution in [3.8, 4) is 0 Å². The number of halogens is 1. The summed E-state index contributed by atoms with van der Waals surface area (Å²) in [6.45, 7) is 8.72. The number of alkyl halides is 1. The van der Waals surface area contributed by atoms with Crippen LogP contribution in [0.15, 0.2) is 30.8 Å². The lowest BCUT2D eigenvalue weighted by Gasteiger charge is -2.14. The van der Waals surface area contributed by atoms with Crippen LogP contribution < -0.4 is 0 Å². The Morgan fingerprint density at radius 3 is 2.38 bits per heavy atom. The van der Waals surface area contributed by atoms with Gasteiger partial charge in [0.2, 0.25) is 0 Å². The molecule has 16 heavy (non-hydrogen) atoms. The van der Waals surface area contributed by atoms with Crippen molar-refractivity contribution in [3.63, 3.8) is 0 Å². The number of hydrogen-bond donors (Lipinski definition) is 0. The summed E-state index contributed by atoms with van der Waals surface area (Å²) in [5.74, 6) is 0. The fourth-order valence-corrected chi connectivity index (χ4v) is 1.13. The normalized spacial score (nSPS) is 11.4. The van der Waals surface area contributed by atoms with E-state index >= 15 is 0 Å². The molecule has 0 atom stereocenters. The standard InChI is InChI=1S/C13H17BrO2/c1-4-11-5-7-12(8-6-11)9-15-16-10-13(2,3)14/h4-8H,1,9-10H2,2-3H3. The lowest BCUT2D eigenvalue weighted by molar-refractivity contribution is -0.306. The SMILES string of the molecule is C=Cc1ccc(COOCC(C)(C)Br)cc1. The summed E-state index contributed by atoms with van der Waals surface area (Å²) in [6, 6.07) is 8.00. The van der Waals surface area contributed by atoms with E-state index in [1.165, 1.54) is 0 Å². The highest BCUT2D eigenvalue weighted by molar-refractivity contribution is 9.10. The third kappa shape index (κ3) is 5.45. The Balaban J connectivity index is 2.29. The second-order valence-corrected chi connectivity index (χ2v) is 6.34. The molecule has 3 heteroatoms. The predicted molar refractivity (Wildman–Crippen MR) is 70.3 cm³/mol. The average molecular weight is 285 g/mol. The van der Waals surface area contributed by atoms with E-state index in [-0.39, 0.29) is 4.32 Å². The van der Waals surface area contributed by atoms with Gasteiger partial charge in [-0.25, -0.2) is 9.78 Å². The molecule has 0 bridgehead atoms. The molecule has 0 aliphatic rings. The first-order valence-electron chi connectivity index (χ1n) is 5.16. The third-order valence-electron chi connectivity index (χ3n) is 1.93. The van der Waals surface area contributed by atoms with Gasteiger partial charge in [-0.15, -0.1) is 0 Å². The quantitative estimate of drug-likeness (QED) is 0.341. The Morgan fingerprint density at radius 2 is 1.88 bits per heavy atom. The smallest absolute Gasteiger partial charge is 0.107 e. The summed E-state index contributed by atoms with van der Waals surface area (Å²) in [6.07, 6.45) is 1.81. The van der Waals surface area contributed by atoms with Crippen molar-refractivity contribution in [2.45, 2.75) is 24.8 Å². The van der Waals surface area contributed by atoms with Crippen LogP contribution in [0.3, 0.4) is 0 Å². The van der Waals surface area contributed by atoms with Crippen LogP contribution in [0.4, 0.5) is 0 Å². The second kappa shape index (κ2) is 6.18. The van der Waals surface area contributed by atoms with Gasteiger partial charge in [0.15, 0.2) is 0 Å². The summed E-state index contributed by atoms with van der Waals surface area (Å²) in [7, 11) is 0. The van der Waals surface area contributed by atoms with Crippen LogP contribution in [0.5, 0.6) is 0 Å². The van der Waals surface area contributed by atoms with Gasteiger partial charge in [-0.1, -0.05) is 52.9 Å². The van der Waals surface area contributed by atoms with Crippen LogP contribution in [-0.2, 0) is 16.4 Å². The first kappa shape index (κ1) is 13.4. The van der Waals surface area contributed by atoms with Gasteiger partial charge in [0.25, 0.3) is 0 Å². The van der Waals surface area contributed by atoms with Crippen LogP contribution in [0.25, 0.3) is 6.08 Å². The molecule has 0 radical (unpaired) electrons. The van der Waals surface area contributed by atoms with E-state index in [1.54, 1.807) is 0 Å². The molecule has 0 N–H and O–H groups in total. The Morgan fingerprint density at radius 1 is 1.25 bits per heavy atom. The molecular formula is C13H17BrO2. The molecule has 1 rings (SSSR count). The van der Waals surface area contributed by atoms with Gasteiger partial charge in [0.05, 0.1) is 6.61 Å². The minimum absolute atomic E-state index is 0.0559. The lowest BCUT2D eigenvalue weighted by Crippen LogP contribution is -2.18. The summed E-state index contributed by atoms with van der Waals surface area (Å²) in [5.41, 5.74) is 2.18. The maximum atomic E-state index is 5.11. The average Bonchev–Trinajstić information content (AvgIpc) is 2.24. The topological polar surface area (TPSA) is 18.5 Å². The molecule has 0 amide bonds. The van der Waals surface area contributed by atoms with Crippen molar-refractivity contribution in [1.82, 2.24) is 0 Å². The monoisotopic (exact) mass is 284 g/mol. The van der Waals surface area contributed by atoms with E-state index in [1.807, 2.05) is 44.2 Å². The molecule has 0 aliphatic carbocycles. The highest BCUT2D eigenvalue weighted by Crippen LogP contribution is 2.16. The zero-order chi connectivity index (χ0) is 12.0. The van der Waals surface area contributed by atoms with Crippen LogP contribution >= 0.6 is 15.9 Å². The van der Waals surface area contributed by atoms with E-state index in [4.69, 9.17) is 9.78 Å². The maximum absolute atomic E-state index is 5.11. The molecule has 0 fully saturated rings. The minimum atomic E-state index is -0.0559. The Hall–Kier alpha value is -0.640.